The van der Waals surface area contributed by atoms with Gasteiger partial charge >= 0.3 is 5.97 Å². The lowest BCUT2D eigenvalue weighted by Gasteiger charge is -2.28. The first-order chi connectivity index (χ1) is 9.25. The van der Waals surface area contributed by atoms with Gasteiger partial charge in [-0.3, -0.25) is 4.79 Å². The molecule has 1 aromatic rings. The highest BCUT2D eigenvalue weighted by atomic mass is 16.5. The van der Waals surface area contributed by atoms with Crippen molar-refractivity contribution in [3.05, 3.63) is 35.9 Å². The number of hydrogen-bond donors (Lipinski definition) is 3. The fourth-order valence-electron chi connectivity index (χ4n) is 2.06. The molecule has 1 aliphatic rings. The Labute approximate surface area is 113 Å². The number of aliphatic hydroxyl groups excluding tert-OH is 1. The maximum absolute atomic E-state index is 11.6. The van der Waals surface area contributed by atoms with Crippen molar-refractivity contribution in [1.29, 1.82) is 0 Å². The second-order valence-electron chi connectivity index (χ2n) is 4.69. The molecule has 0 spiro atoms. The van der Waals surface area contributed by atoms with Crippen LogP contribution in [0.15, 0.2) is 30.3 Å². The van der Waals surface area contributed by atoms with Gasteiger partial charge in [-0.1, -0.05) is 30.3 Å². The Kier molecular flexibility index (Phi) is 5.32. The first-order valence-electron chi connectivity index (χ1n) is 6.57. The Morgan fingerprint density at radius 2 is 2.21 bits per heavy atom. The van der Waals surface area contributed by atoms with Crippen LogP contribution in [-0.4, -0.2) is 42.9 Å². The molecule has 0 aromatic heterocycles. The molecule has 1 aliphatic heterocycles. The summed E-state index contributed by atoms with van der Waals surface area (Å²) in [5.74, 6) is -0.304. The molecule has 0 amide bonds. The molecular weight excluding hydrogens is 244 g/mol. The number of benzene rings is 1. The van der Waals surface area contributed by atoms with Crippen molar-refractivity contribution in [3.63, 3.8) is 0 Å². The van der Waals surface area contributed by atoms with Gasteiger partial charge in [0.15, 0.2) is 0 Å². The van der Waals surface area contributed by atoms with Crippen molar-refractivity contribution in [2.75, 3.05) is 19.6 Å². The van der Waals surface area contributed by atoms with E-state index in [2.05, 4.69) is 10.6 Å². The summed E-state index contributed by atoms with van der Waals surface area (Å²) in [6, 6.07) is 9.48. The number of hydrogen-bond acceptors (Lipinski definition) is 5. The summed E-state index contributed by atoms with van der Waals surface area (Å²) < 4.78 is 5.15. The third-order valence-electron chi connectivity index (χ3n) is 3.20. The summed E-state index contributed by atoms with van der Waals surface area (Å²) in [5.41, 5.74) is 0.968. The molecule has 1 fully saturated rings. The molecule has 2 atom stereocenters. The van der Waals surface area contributed by atoms with E-state index in [4.69, 9.17) is 4.74 Å². The van der Waals surface area contributed by atoms with Gasteiger partial charge in [0, 0.05) is 12.6 Å². The van der Waals surface area contributed by atoms with Crippen LogP contribution in [0.4, 0.5) is 0 Å². The highest BCUT2D eigenvalue weighted by Crippen LogP contribution is 2.03. The molecular formula is C14H20N2O3. The summed E-state index contributed by atoms with van der Waals surface area (Å²) >= 11 is 0. The van der Waals surface area contributed by atoms with Crippen LogP contribution in [0.2, 0.25) is 0 Å². The molecule has 0 bridgehead atoms. The van der Waals surface area contributed by atoms with E-state index in [-0.39, 0.29) is 25.2 Å². The number of aliphatic hydroxyl groups is 1. The third-order valence-corrected chi connectivity index (χ3v) is 3.20. The van der Waals surface area contributed by atoms with E-state index in [9.17, 15) is 9.90 Å². The van der Waals surface area contributed by atoms with Gasteiger partial charge in [0.1, 0.15) is 6.61 Å². The molecule has 5 nitrogen and oxygen atoms in total. The standard InChI is InChI=1S/C14H20N2O3/c17-13-6-7-15-8-12(13)16-9-14(18)19-10-11-4-2-1-3-5-11/h1-5,12-13,15-17H,6-10H2/t12-,13-/m0/s1. The van der Waals surface area contributed by atoms with E-state index in [1.165, 1.54) is 0 Å². The lowest BCUT2D eigenvalue weighted by atomic mass is 10.0. The van der Waals surface area contributed by atoms with Crippen molar-refractivity contribution in [2.24, 2.45) is 0 Å². The van der Waals surface area contributed by atoms with Crippen molar-refractivity contribution < 1.29 is 14.6 Å². The quantitative estimate of drug-likeness (QED) is 0.655. The van der Waals surface area contributed by atoms with E-state index in [1.807, 2.05) is 30.3 Å². The topological polar surface area (TPSA) is 70.6 Å². The largest absolute Gasteiger partial charge is 0.460 e. The molecule has 2 rings (SSSR count). The monoisotopic (exact) mass is 264 g/mol. The average Bonchev–Trinajstić information content (AvgIpc) is 2.45. The number of carbonyl (C=O) groups excluding carboxylic acids is 1. The Morgan fingerprint density at radius 3 is 2.95 bits per heavy atom. The molecule has 3 N–H and O–H groups in total. The van der Waals surface area contributed by atoms with Gasteiger partial charge in [-0.25, -0.2) is 0 Å². The average molecular weight is 264 g/mol. The van der Waals surface area contributed by atoms with Crippen LogP contribution in [0.3, 0.4) is 0 Å². The fraction of sp³-hybridized carbons (Fsp3) is 0.500. The summed E-state index contributed by atoms with van der Waals surface area (Å²) in [4.78, 5) is 11.6. The Hall–Kier alpha value is -1.43. The molecule has 104 valence electrons. The van der Waals surface area contributed by atoms with Crippen LogP contribution in [0, 0.1) is 0 Å². The molecule has 0 aliphatic carbocycles. The van der Waals surface area contributed by atoms with Crippen molar-refractivity contribution in [3.8, 4) is 0 Å². The molecule has 5 heteroatoms. The Bertz CT molecular complexity index is 397. The van der Waals surface area contributed by atoms with Crippen LogP contribution < -0.4 is 10.6 Å². The van der Waals surface area contributed by atoms with Gasteiger partial charge in [0.25, 0.3) is 0 Å². The second-order valence-corrected chi connectivity index (χ2v) is 4.69. The van der Waals surface area contributed by atoms with E-state index in [0.717, 1.165) is 12.1 Å². The zero-order valence-corrected chi connectivity index (χ0v) is 10.8. The molecule has 1 saturated heterocycles. The summed E-state index contributed by atoms with van der Waals surface area (Å²) in [6.45, 7) is 1.90. The summed E-state index contributed by atoms with van der Waals surface area (Å²) in [7, 11) is 0. The highest BCUT2D eigenvalue weighted by molar-refractivity contribution is 5.71. The minimum Gasteiger partial charge on any atom is -0.460 e. The van der Waals surface area contributed by atoms with Crippen LogP contribution in [0.1, 0.15) is 12.0 Å². The predicted octanol–water partition coefficient (Wildman–Crippen LogP) is 0.0422. The van der Waals surface area contributed by atoms with Gasteiger partial charge in [-0.15, -0.1) is 0 Å². The number of piperidine rings is 1. The lowest BCUT2D eigenvalue weighted by Crippen LogP contribution is -2.53. The van der Waals surface area contributed by atoms with E-state index >= 15 is 0 Å². The molecule has 19 heavy (non-hydrogen) atoms. The minimum atomic E-state index is -0.400. The molecule has 0 unspecified atom stereocenters. The van der Waals surface area contributed by atoms with Crippen molar-refractivity contribution >= 4 is 5.97 Å². The number of carbonyl (C=O) groups is 1. The van der Waals surface area contributed by atoms with Crippen molar-refractivity contribution in [1.82, 2.24) is 10.6 Å². The predicted molar refractivity (Wildman–Crippen MR) is 71.5 cm³/mol. The minimum absolute atomic E-state index is 0.0852. The molecule has 1 aromatic carbocycles. The normalized spacial score (nSPS) is 23.0. The SMILES string of the molecule is O=C(CN[C@H]1CNCC[C@@H]1O)OCc1ccccc1. The van der Waals surface area contributed by atoms with Gasteiger partial charge < -0.3 is 20.5 Å². The Morgan fingerprint density at radius 1 is 1.42 bits per heavy atom. The zero-order chi connectivity index (χ0) is 13.5. The van der Waals surface area contributed by atoms with Gasteiger partial charge in [0.2, 0.25) is 0 Å². The first-order valence-corrected chi connectivity index (χ1v) is 6.57. The molecule has 1 heterocycles. The van der Waals surface area contributed by atoms with Crippen LogP contribution in [0.5, 0.6) is 0 Å². The Balaban J connectivity index is 1.67. The number of ether oxygens (including phenoxy) is 1. The number of nitrogens with one attached hydrogen (secondary N) is 2. The highest BCUT2D eigenvalue weighted by Gasteiger charge is 2.22. The summed E-state index contributed by atoms with van der Waals surface area (Å²) in [5, 5.41) is 15.9. The van der Waals surface area contributed by atoms with Crippen LogP contribution in [0.25, 0.3) is 0 Å². The van der Waals surface area contributed by atoms with Gasteiger partial charge in [-0.05, 0) is 18.5 Å². The summed E-state index contributed by atoms with van der Waals surface area (Å²) in [6.07, 6.45) is 0.305. The van der Waals surface area contributed by atoms with Gasteiger partial charge in [-0.2, -0.15) is 0 Å². The fourth-order valence-corrected chi connectivity index (χ4v) is 2.06. The molecule has 0 radical (unpaired) electrons. The van der Waals surface area contributed by atoms with Crippen LogP contribution in [-0.2, 0) is 16.1 Å². The second kappa shape index (κ2) is 7.23. The maximum Gasteiger partial charge on any atom is 0.320 e. The first kappa shape index (κ1) is 14.0. The third kappa shape index (κ3) is 4.63. The smallest absolute Gasteiger partial charge is 0.320 e. The van der Waals surface area contributed by atoms with Crippen molar-refractivity contribution in [2.45, 2.75) is 25.2 Å². The van der Waals surface area contributed by atoms with Crippen LogP contribution >= 0.6 is 0 Å². The number of rotatable bonds is 5. The maximum atomic E-state index is 11.6. The number of esters is 1. The van der Waals surface area contributed by atoms with E-state index < -0.39 is 6.10 Å². The lowest BCUT2D eigenvalue weighted by molar-refractivity contribution is -0.144. The van der Waals surface area contributed by atoms with Gasteiger partial charge in [0.05, 0.1) is 12.6 Å². The van der Waals surface area contributed by atoms with E-state index in [0.29, 0.717) is 13.0 Å². The molecule has 0 saturated carbocycles. The zero-order valence-electron chi connectivity index (χ0n) is 10.8. The van der Waals surface area contributed by atoms with E-state index in [1.54, 1.807) is 0 Å².